The van der Waals surface area contributed by atoms with Gasteiger partial charge in [0.05, 0.1) is 15.7 Å². The highest BCUT2D eigenvalue weighted by Crippen LogP contribution is 2.48. The second kappa shape index (κ2) is 9.56. The van der Waals surface area contributed by atoms with Gasteiger partial charge in [-0.05, 0) is 59.3 Å². The monoisotopic (exact) mass is 657 g/mol. The number of thiophene rings is 1. The first-order valence-electron chi connectivity index (χ1n) is 16.7. The van der Waals surface area contributed by atoms with Gasteiger partial charge in [0.1, 0.15) is 22.3 Å². The molecule has 0 unspecified atom stereocenters. The number of rotatable bonds is 2. The highest BCUT2D eigenvalue weighted by Gasteiger charge is 2.26. The molecule has 0 aliphatic rings. The normalized spacial score (nSPS) is 12.4. The first-order valence-corrected chi connectivity index (χ1v) is 17.5. The van der Waals surface area contributed by atoms with E-state index >= 15 is 0 Å². The summed E-state index contributed by atoms with van der Waals surface area (Å²) in [6.45, 7) is 0. The van der Waals surface area contributed by atoms with E-state index in [1.807, 2.05) is 53.8 Å². The van der Waals surface area contributed by atoms with Crippen molar-refractivity contribution in [3.05, 3.63) is 140 Å². The Kier molecular flexibility index (Phi) is 5.06. The standard InChI is InChI=1S/C44H23N3O2S/c1-2-13-27-26(12-1)37-28-14-3-7-17-32(28)47(40(37)42-38(27)30-16-6-10-20-36(30)50-42)44-41-39(29-15-5-9-19-34(29)49-41)45-43(46-44)24-21-22-35-31(23-24)25-11-4-8-18-33(25)48-35/h1-23H. The molecule has 0 N–H and O–H groups in total. The van der Waals surface area contributed by atoms with Crippen molar-refractivity contribution in [2.24, 2.45) is 0 Å². The Morgan fingerprint density at radius 1 is 0.500 bits per heavy atom. The third-order valence-corrected chi connectivity index (χ3v) is 11.4. The van der Waals surface area contributed by atoms with Crippen molar-refractivity contribution in [2.45, 2.75) is 0 Å². The number of fused-ring (bicyclic) bond motifs is 16. The van der Waals surface area contributed by atoms with Crippen LogP contribution in [0.15, 0.2) is 148 Å². The summed E-state index contributed by atoms with van der Waals surface area (Å²) in [6, 6.07) is 48.7. The SMILES string of the molecule is c1ccc2c(c1)oc1ccc(-c3nc(-n4c5ccccc5c5c6ccccc6c6c7ccccc7sc6c54)c4oc5ccccc5c4n3)cc12. The molecular formula is C44H23N3O2S. The zero-order valence-corrected chi connectivity index (χ0v) is 27.2. The van der Waals surface area contributed by atoms with Crippen LogP contribution >= 0.6 is 11.3 Å². The molecule has 12 rings (SSSR count). The van der Waals surface area contributed by atoms with Crippen molar-refractivity contribution >= 4 is 108 Å². The number of hydrogen-bond acceptors (Lipinski definition) is 5. The van der Waals surface area contributed by atoms with Crippen molar-refractivity contribution in [3.8, 4) is 17.2 Å². The van der Waals surface area contributed by atoms with Gasteiger partial charge in [0, 0.05) is 48.0 Å². The summed E-state index contributed by atoms with van der Waals surface area (Å²) in [7, 11) is 0. The van der Waals surface area contributed by atoms with Gasteiger partial charge < -0.3 is 8.83 Å². The van der Waals surface area contributed by atoms with E-state index in [2.05, 4.69) is 102 Å². The van der Waals surface area contributed by atoms with Crippen molar-refractivity contribution in [3.63, 3.8) is 0 Å². The second-order valence-corrected chi connectivity index (χ2v) is 13.9. The van der Waals surface area contributed by atoms with Crippen LogP contribution in [-0.2, 0) is 0 Å². The number of aromatic nitrogens is 3. The van der Waals surface area contributed by atoms with Crippen molar-refractivity contribution in [1.82, 2.24) is 14.5 Å². The smallest absolute Gasteiger partial charge is 0.197 e. The molecule has 232 valence electrons. The lowest BCUT2D eigenvalue weighted by Crippen LogP contribution is -2.02. The molecule has 12 aromatic rings. The van der Waals surface area contributed by atoms with E-state index in [9.17, 15) is 0 Å². The lowest BCUT2D eigenvalue weighted by molar-refractivity contribution is 0.662. The minimum absolute atomic E-state index is 0.630. The molecule has 0 aliphatic heterocycles. The van der Waals surface area contributed by atoms with E-state index in [0.717, 1.165) is 60.8 Å². The fourth-order valence-corrected chi connectivity index (χ4v) is 9.33. The molecule has 0 radical (unpaired) electrons. The van der Waals surface area contributed by atoms with Gasteiger partial charge in [0.2, 0.25) is 0 Å². The van der Waals surface area contributed by atoms with Crippen LogP contribution in [0.25, 0.3) is 114 Å². The number of benzene rings is 7. The minimum Gasteiger partial charge on any atom is -0.456 e. The lowest BCUT2D eigenvalue weighted by atomic mass is 9.99. The average molecular weight is 658 g/mol. The average Bonchev–Trinajstić information content (AvgIpc) is 3.93. The van der Waals surface area contributed by atoms with Crippen LogP contribution in [0.4, 0.5) is 0 Å². The van der Waals surface area contributed by atoms with Gasteiger partial charge in [-0.3, -0.25) is 4.57 Å². The summed E-state index contributed by atoms with van der Waals surface area (Å²) in [5.74, 6) is 1.35. The molecule has 0 saturated carbocycles. The van der Waals surface area contributed by atoms with Crippen LogP contribution < -0.4 is 0 Å². The Labute approximate surface area is 287 Å². The maximum atomic E-state index is 6.71. The van der Waals surface area contributed by atoms with Crippen LogP contribution in [0.3, 0.4) is 0 Å². The second-order valence-electron chi connectivity index (χ2n) is 12.9. The first-order chi connectivity index (χ1) is 24.8. The Balaban J connectivity index is 1.29. The Bertz CT molecular complexity index is 3400. The van der Waals surface area contributed by atoms with Crippen LogP contribution in [0, 0.1) is 0 Å². The topological polar surface area (TPSA) is 57.0 Å². The van der Waals surface area contributed by atoms with E-state index < -0.39 is 0 Å². The van der Waals surface area contributed by atoms with E-state index in [-0.39, 0.29) is 0 Å². The molecule has 0 saturated heterocycles. The molecule has 0 atom stereocenters. The molecule has 0 amide bonds. The largest absolute Gasteiger partial charge is 0.456 e. The van der Waals surface area contributed by atoms with Crippen molar-refractivity contribution < 1.29 is 8.83 Å². The molecule has 5 aromatic heterocycles. The number of furan rings is 2. The highest BCUT2D eigenvalue weighted by atomic mass is 32.1. The quantitative estimate of drug-likeness (QED) is 0.186. The molecular weight excluding hydrogens is 635 g/mol. The van der Waals surface area contributed by atoms with Gasteiger partial charge in [-0.15, -0.1) is 11.3 Å². The van der Waals surface area contributed by atoms with Gasteiger partial charge in [0.25, 0.3) is 0 Å². The molecule has 0 fully saturated rings. The molecule has 50 heavy (non-hydrogen) atoms. The van der Waals surface area contributed by atoms with E-state index in [1.165, 1.54) is 41.7 Å². The molecule has 7 aromatic carbocycles. The van der Waals surface area contributed by atoms with Gasteiger partial charge in [-0.25, -0.2) is 9.97 Å². The maximum absolute atomic E-state index is 6.71. The predicted molar refractivity (Wildman–Crippen MR) is 207 cm³/mol. The minimum atomic E-state index is 0.630. The predicted octanol–water partition coefficient (Wildman–Crippen LogP) is 12.6. The Morgan fingerprint density at radius 2 is 1.14 bits per heavy atom. The molecule has 5 heterocycles. The Hall–Kier alpha value is -6.50. The molecule has 0 spiro atoms. The van der Waals surface area contributed by atoms with Crippen LogP contribution in [0.5, 0.6) is 0 Å². The van der Waals surface area contributed by atoms with Gasteiger partial charge in [-0.1, -0.05) is 91.0 Å². The first kappa shape index (κ1) is 26.5. The summed E-state index contributed by atoms with van der Waals surface area (Å²) in [4.78, 5) is 10.7. The zero-order valence-electron chi connectivity index (χ0n) is 26.3. The summed E-state index contributed by atoms with van der Waals surface area (Å²) in [5, 5.41) is 10.5. The third-order valence-electron chi connectivity index (χ3n) is 10.2. The lowest BCUT2D eigenvalue weighted by Gasteiger charge is -2.11. The molecule has 6 heteroatoms. The summed E-state index contributed by atoms with van der Waals surface area (Å²) >= 11 is 1.84. The fraction of sp³-hybridized carbons (Fsp3) is 0. The number of hydrogen-bond donors (Lipinski definition) is 0. The fourth-order valence-electron chi connectivity index (χ4n) is 8.07. The van der Waals surface area contributed by atoms with Crippen molar-refractivity contribution in [2.75, 3.05) is 0 Å². The number of para-hydroxylation sites is 3. The third kappa shape index (κ3) is 3.40. The van der Waals surface area contributed by atoms with Crippen LogP contribution in [0.1, 0.15) is 0 Å². The highest BCUT2D eigenvalue weighted by molar-refractivity contribution is 7.27. The van der Waals surface area contributed by atoms with Crippen molar-refractivity contribution in [1.29, 1.82) is 0 Å². The summed E-state index contributed by atoms with van der Waals surface area (Å²) < 4.78 is 17.7. The van der Waals surface area contributed by atoms with E-state index in [1.54, 1.807) is 0 Å². The van der Waals surface area contributed by atoms with Crippen LogP contribution in [0.2, 0.25) is 0 Å². The number of nitrogens with zero attached hydrogens (tertiary/aromatic N) is 3. The molecule has 0 aliphatic carbocycles. The maximum Gasteiger partial charge on any atom is 0.197 e. The van der Waals surface area contributed by atoms with E-state index in [0.29, 0.717) is 11.4 Å². The van der Waals surface area contributed by atoms with Crippen LogP contribution in [-0.4, -0.2) is 14.5 Å². The molecule has 0 bridgehead atoms. The van der Waals surface area contributed by atoms with E-state index in [4.69, 9.17) is 18.8 Å². The summed E-state index contributed by atoms with van der Waals surface area (Å²) in [5.41, 5.74) is 7.05. The van der Waals surface area contributed by atoms with Gasteiger partial charge in [-0.2, -0.15) is 0 Å². The van der Waals surface area contributed by atoms with Gasteiger partial charge in [0.15, 0.2) is 17.2 Å². The zero-order chi connectivity index (χ0) is 32.5. The molecule has 5 nitrogen and oxygen atoms in total. The Morgan fingerprint density at radius 3 is 1.98 bits per heavy atom. The van der Waals surface area contributed by atoms with Gasteiger partial charge >= 0.3 is 0 Å². The summed E-state index contributed by atoms with van der Waals surface area (Å²) in [6.07, 6.45) is 0.